The molecule has 4 nitrogen and oxygen atoms in total. The third-order valence-electron chi connectivity index (χ3n) is 5.74. The molecular weight excluding hydrogens is 360 g/mol. The van der Waals surface area contributed by atoms with E-state index in [1.807, 2.05) is 30.1 Å². The molecule has 0 aromatic heterocycles. The van der Waals surface area contributed by atoms with Crippen molar-refractivity contribution in [1.82, 2.24) is 4.90 Å². The molecule has 1 aromatic carbocycles. The van der Waals surface area contributed by atoms with Gasteiger partial charge in [0, 0.05) is 49.6 Å². The molecule has 1 unspecified atom stereocenters. The average molecular weight is 393 g/mol. The number of rotatable bonds is 9. The quantitative estimate of drug-likeness (QED) is 0.543. The van der Waals surface area contributed by atoms with E-state index in [1.165, 1.54) is 19.3 Å². The van der Waals surface area contributed by atoms with Gasteiger partial charge in [0.1, 0.15) is 0 Å². The maximum Gasteiger partial charge on any atom is 0.227 e. The van der Waals surface area contributed by atoms with Gasteiger partial charge in [-0.05, 0) is 36.6 Å². The maximum absolute atomic E-state index is 12.9. The van der Waals surface area contributed by atoms with E-state index >= 15 is 0 Å². The Balaban J connectivity index is 2.10. The fraction of sp³-hybridized carbons (Fsp3) is 0.636. The SMILES string of the molecule is CCCCCCCC(=O)N1CC(C)(CCN(C)C(C)=O)c2cc(Cl)ccc21. The van der Waals surface area contributed by atoms with Crippen LogP contribution in [0.15, 0.2) is 18.2 Å². The van der Waals surface area contributed by atoms with Gasteiger partial charge in [0.2, 0.25) is 11.8 Å². The first-order valence-corrected chi connectivity index (χ1v) is 10.5. The third kappa shape index (κ3) is 5.47. The van der Waals surface area contributed by atoms with Crippen molar-refractivity contribution >= 4 is 29.1 Å². The van der Waals surface area contributed by atoms with Gasteiger partial charge in [-0.2, -0.15) is 0 Å². The molecule has 150 valence electrons. The van der Waals surface area contributed by atoms with Gasteiger partial charge < -0.3 is 9.80 Å². The van der Waals surface area contributed by atoms with Crippen molar-refractivity contribution in [2.45, 2.75) is 71.1 Å². The molecule has 1 aliphatic rings. The highest BCUT2D eigenvalue weighted by Crippen LogP contribution is 2.44. The summed E-state index contributed by atoms with van der Waals surface area (Å²) >= 11 is 6.26. The zero-order valence-corrected chi connectivity index (χ0v) is 17.9. The maximum atomic E-state index is 12.9. The molecule has 1 atom stereocenters. The Kier molecular flexibility index (Phi) is 7.72. The lowest BCUT2D eigenvalue weighted by molar-refractivity contribution is -0.127. The van der Waals surface area contributed by atoms with Crippen molar-refractivity contribution < 1.29 is 9.59 Å². The fourth-order valence-corrected chi connectivity index (χ4v) is 3.94. The minimum absolute atomic E-state index is 0.0583. The summed E-state index contributed by atoms with van der Waals surface area (Å²) in [6.45, 7) is 7.27. The number of nitrogens with zero attached hydrogens (tertiary/aromatic N) is 2. The third-order valence-corrected chi connectivity index (χ3v) is 5.97. The lowest BCUT2D eigenvalue weighted by Crippen LogP contribution is -2.38. The van der Waals surface area contributed by atoms with Crippen LogP contribution in [0.25, 0.3) is 0 Å². The van der Waals surface area contributed by atoms with Crippen LogP contribution in [0, 0.1) is 0 Å². The Hall–Kier alpha value is -1.55. The van der Waals surface area contributed by atoms with Crippen molar-refractivity contribution in [3.05, 3.63) is 28.8 Å². The first kappa shape index (κ1) is 21.7. The van der Waals surface area contributed by atoms with Crippen LogP contribution in [0.5, 0.6) is 0 Å². The monoisotopic (exact) mass is 392 g/mol. The van der Waals surface area contributed by atoms with Gasteiger partial charge in [0.05, 0.1) is 0 Å². The fourth-order valence-electron chi connectivity index (χ4n) is 3.77. The highest BCUT2D eigenvalue weighted by molar-refractivity contribution is 6.30. The van der Waals surface area contributed by atoms with E-state index in [0.29, 0.717) is 24.5 Å². The molecule has 0 saturated carbocycles. The summed E-state index contributed by atoms with van der Waals surface area (Å²) in [7, 11) is 1.82. The van der Waals surface area contributed by atoms with Crippen molar-refractivity contribution in [3.8, 4) is 0 Å². The minimum Gasteiger partial charge on any atom is -0.346 e. The van der Waals surface area contributed by atoms with Gasteiger partial charge in [-0.3, -0.25) is 9.59 Å². The first-order valence-electron chi connectivity index (χ1n) is 10.1. The molecule has 0 aliphatic carbocycles. The highest BCUT2D eigenvalue weighted by atomic mass is 35.5. The minimum atomic E-state index is -0.193. The zero-order valence-electron chi connectivity index (χ0n) is 17.2. The summed E-state index contributed by atoms with van der Waals surface area (Å²) in [5.74, 6) is 0.252. The summed E-state index contributed by atoms with van der Waals surface area (Å²) in [4.78, 5) is 28.1. The number of amides is 2. The van der Waals surface area contributed by atoms with E-state index in [9.17, 15) is 9.59 Å². The number of unbranched alkanes of at least 4 members (excludes halogenated alkanes) is 4. The van der Waals surface area contributed by atoms with Crippen molar-refractivity contribution in [3.63, 3.8) is 0 Å². The van der Waals surface area contributed by atoms with Crippen LogP contribution in [0.2, 0.25) is 5.02 Å². The van der Waals surface area contributed by atoms with Crippen molar-refractivity contribution in [2.75, 3.05) is 25.0 Å². The molecular formula is C22H33ClN2O2. The predicted octanol–water partition coefficient (Wildman–Crippen LogP) is 5.17. The number of carbonyl (C=O) groups is 2. The van der Waals surface area contributed by atoms with Crippen LogP contribution in [-0.2, 0) is 15.0 Å². The van der Waals surface area contributed by atoms with E-state index < -0.39 is 0 Å². The van der Waals surface area contributed by atoms with E-state index in [1.54, 1.807) is 11.8 Å². The molecule has 2 amide bonds. The normalized spacial score (nSPS) is 18.5. The lowest BCUT2D eigenvalue weighted by Gasteiger charge is -2.28. The van der Waals surface area contributed by atoms with Gasteiger partial charge in [-0.25, -0.2) is 0 Å². The Labute approximate surface area is 168 Å². The standard InChI is InChI=1S/C22H33ClN2O2/c1-5-6-7-8-9-10-21(27)25-16-22(3,13-14-24(4)17(2)26)19-15-18(23)11-12-20(19)25/h11-12,15H,5-10,13-14,16H2,1-4H3. The first-order chi connectivity index (χ1) is 12.8. The summed E-state index contributed by atoms with van der Waals surface area (Å²) in [5.41, 5.74) is 1.90. The largest absolute Gasteiger partial charge is 0.346 e. The molecule has 0 radical (unpaired) electrons. The topological polar surface area (TPSA) is 40.6 Å². The van der Waals surface area contributed by atoms with Crippen LogP contribution in [0.3, 0.4) is 0 Å². The van der Waals surface area contributed by atoms with Crippen LogP contribution in [0.4, 0.5) is 5.69 Å². The van der Waals surface area contributed by atoms with Gasteiger partial charge in [-0.1, -0.05) is 51.1 Å². The Morgan fingerprint density at radius 1 is 1.22 bits per heavy atom. The van der Waals surface area contributed by atoms with Crippen LogP contribution >= 0.6 is 11.6 Å². The van der Waals surface area contributed by atoms with Crippen molar-refractivity contribution in [1.29, 1.82) is 0 Å². The molecule has 2 rings (SSSR count). The Morgan fingerprint density at radius 3 is 2.59 bits per heavy atom. The second kappa shape index (κ2) is 9.59. The molecule has 0 bridgehead atoms. The highest BCUT2D eigenvalue weighted by Gasteiger charge is 2.41. The second-order valence-corrected chi connectivity index (χ2v) is 8.49. The van der Waals surface area contributed by atoms with E-state index in [-0.39, 0.29) is 17.2 Å². The number of anilines is 1. The zero-order chi connectivity index (χ0) is 20.0. The van der Waals surface area contributed by atoms with Crippen molar-refractivity contribution in [2.24, 2.45) is 0 Å². The number of benzene rings is 1. The van der Waals surface area contributed by atoms with E-state index in [0.717, 1.165) is 30.5 Å². The molecule has 5 heteroatoms. The second-order valence-electron chi connectivity index (χ2n) is 8.06. The molecule has 0 fully saturated rings. The number of halogens is 1. The van der Waals surface area contributed by atoms with Crippen LogP contribution in [-0.4, -0.2) is 36.9 Å². The number of hydrogen-bond acceptors (Lipinski definition) is 2. The number of carbonyl (C=O) groups excluding carboxylic acids is 2. The Morgan fingerprint density at radius 2 is 1.93 bits per heavy atom. The summed E-state index contributed by atoms with van der Waals surface area (Å²) in [6, 6.07) is 5.81. The van der Waals surface area contributed by atoms with E-state index in [2.05, 4.69) is 13.8 Å². The molecule has 1 aromatic rings. The Bertz CT molecular complexity index is 676. The van der Waals surface area contributed by atoms with Gasteiger partial charge >= 0.3 is 0 Å². The van der Waals surface area contributed by atoms with Gasteiger partial charge in [-0.15, -0.1) is 0 Å². The number of hydrogen-bond donors (Lipinski definition) is 0. The van der Waals surface area contributed by atoms with Gasteiger partial charge in [0.25, 0.3) is 0 Å². The molecule has 1 aliphatic heterocycles. The molecule has 0 saturated heterocycles. The summed E-state index contributed by atoms with van der Waals surface area (Å²) in [6.07, 6.45) is 7.10. The number of fused-ring (bicyclic) bond motifs is 1. The lowest BCUT2D eigenvalue weighted by atomic mass is 9.81. The molecule has 1 heterocycles. The average Bonchev–Trinajstić information content (AvgIpc) is 2.92. The van der Waals surface area contributed by atoms with Crippen LogP contribution in [0.1, 0.15) is 71.3 Å². The van der Waals surface area contributed by atoms with Gasteiger partial charge in [0.15, 0.2) is 0 Å². The molecule has 27 heavy (non-hydrogen) atoms. The molecule has 0 spiro atoms. The summed E-state index contributed by atoms with van der Waals surface area (Å²) < 4.78 is 0. The predicted molar refractivity (Wildman–Crippen MR) is 112 cm³/mol. The smallest absolute Gasteiger partial charge is 0.227 e. The van der Waals surface area contributed by atoms with E-state index in [4.69, 9.17) is 11.6 Å². The summed E-state index contributed by atoms with van der Waals surface area (Å²) in [5, 5.41) is 0.689. The molecule has 0 N–H and O–H groups in total. The van der Waals surface area contributed by atoms with Crippen LogP contribution < -0.4 is 4.90 Å².